The number of H-pyrrole nitrogens is 1. The number of anilines is 1. The number of aromatic amines is 1. The number of carbonyl (C=O) groups excluding carboxylic acids is 1. The van der Waals surface area contributed by atoms with Crippen molar-refractivity contribution in [3.05, 3.63) is 35.5 Å². The second-order valence-corrected chi connectivity index (χ2v) is 8.71. The number of hydrogen-bond donors (Lipinski definition) is 3. The summed E-state index contributed by atoms with van der Waals surface area (Å²) in [5.41, 5.74) is 3.16. The van der Waals surface area contributed by atoms with Crippen molar-refractivity contribution in [3.63, 3.8) is 0 Å². The molecule has 1 aliphatic rings. The molecule has 3 N–H and O–H groups in total. The Morgan fingerprint density at radius 3 is 2.66 bits per heavy atom. The topological polar surface area (TPSA) is 95.2 Å². The first kappa shape index (κ1) is 22.4. The van der Waals surface area contributed by atoms with Crippen LogP contribution in [0.2, 0.25) is 5.02 Å². The number of ether oxygens (including phenoxy) is 1. The first-order chi connectivity index (χ1) is 15.4. The molecule has 2 aromatic heterocycles. The molecule has 4 rings (SSSR count). The Bertz CT molecular complexity index is 1070. The second-order valence-electron chi connectivity index (χ2n) is 8.30. The van der Waals surface area contributed by atoms with Crippen molar-refractivity contribution in [2.24, 2.45) is 0 Å². The quantitative estimate of drug-likeness (QED) is 0.502. The van der Waals surface area contributed by atoms with Gasteiger partial charge in [0.2, 0.25) is 0 Å². The standard InChI is InChI=1S/C23H29ClN6O2/c1-14(2)30-10-8-16(9-11-30)27-20-18(24)12-26-23-21(20)28-22(29-23)15-4-6-17(7-5-15)32-13-19(31)25-3/h4-7,12,14,16H,8-11,13H2,1-3H3,(H,25,31)(H2,26,27,28,29). The van der Waals surface area contributed by atoms with Crippen LogP contribution in [-0.4, -0.2) is 64.6 Å². The summed E-state index contributed by atoms with van der Waals surface area (Å²) in [7, 11) is 1.58. The van der Waals surface area contributed by atoms with Crippen LogP contribution >= 0.6 is 11.6 Å². The van der Waals surface area contributed by atoms with Gasteiger partial charge in [-0.2, -0.15) is 0 Å². The third-order valence-electron chi connectivity index (χ3n) is 5.86. The highest BCUT2D eigenvalue weighted by Crippen LogP contribution is 2.32. The zero-order valence-electron chi connectivity index (χ0n) is 18.6. The molecule has 0 aliphatic carbocycles. The Kier molecular flexibility index (Phi) is 6.81. The first-order valence-electron chi connectivity index (χ1n) is 10.9. The van der Waals surface area contributed by atoms with E-state index in [9.17, 15) is 4.79 Å². The van der Waals surface area contributed by atoms with E-state index in [1.807, 2.05) is 24.3 Å². The predicted molar refractivity (Wildman–Crippen MR) is 127 cm³/mol. The SMILES string of the molecule is CNC(=O)COc1ccc(-c2nc3ncc(Cl)c(NC4CCN(C(C)C)CC4)c3[nH]2)cc1. The van der Waals surface area contributed by atoms with Crippen molar-refractivity contribution in [3.8, 4) is 17.1 Å². The van der Waals surface area contributed by atoms with Crippen LogP contribution in [0.25, 0.3) is 22.6 Å². The molecular formula is C23H29ClN6O2. The Hall–Kier alpha value is -2.84. The second kappa shape index (κ2) is 9.75. The normalized spacial score (nSPS) is 15.3. The lowest BCUT2D eigenvalue weighted by Gasteiger charge is -2.35. The van der Waals surface area contributed by atoms with E-state index < -0.39 is 0 Å². The van der Waals surface area contributed by atoms with Crippen molar-refractivity contribution in [2.45, 2.75) is 38.8 Å². The maximum absolute atomic E-state index is 11.3. The van der Waals surface area contributed by atoms with Crippen LogP contribution in [0.3, 0.4) is 0 Å². The molecule has 0 bridgehead atoms. The van der Waals surface area contributed by atoms with E-state index in [2.05, 4.69) is 44.3 Å². The van der Waals surface area contributed by atoms with Crippen LogP contribution in [0.15, 0.2) is 30.5 Å². The summed E-state index contributed by atoms with van der Waals surface area (Å²) in [5, 5.41) is 6.74. The average Bonchev–Trinajstić information content (AvgIpc) is 3.24. The highest BCUT2D eigenvalue weighted by atomic mass is 35.5. The molecule has 1 amide bonds. The Morgan fingerprint density at radius 2 is 2.00 bits per heavy atom. The summed E-state index contributed by atoms with van der Waals surface area (Å²) in [6.07, 6.45) is 3.78. The van der Waals surface area contributed by atoms with E-state index in [0.717, 1.165) is 42.7 Å². The molecule has 0 atom stereocenters. The van der Waals surface area contributed by atoms with Gasteiger partial charge in [-0.25, -0.2) is 9.97 Å². The van der Waals surface area contributed by atoms with E-state index in [1.165, 1.54) is 0 Å². The van der Waals surface area contributed by atoms with Gasteiger partial charge in [0.25, 0.3) is 5.91 Å². The molecule has 9 heteroatoms. The first-order valence-corrected chi connectivity index (χ1v) is 11.3. The van der Waals surface area contributed by atoms with E-state index in [-0.39, 0.29) is 12.5 Å². The number of halogens is 1. The number of hydrogen-bond acceptors (Lipinski definition) is 6. The van der Waals surface area contributed by atoms with Crippen molar-refractivity contribution in [1.29, 1.82) is 0 Å². The van der Waals surface area contributed by atoms with Gasteiger partial charge in [-0.15, -0.1) is 0 Å². The number of pyridine rings is 1. The third kappa shape index (κ3) is 4.97. The summed E-state index contributed by atoms with van der Waals surface area (Å²) in [6, 6.07) is 8.35. The van der Waals surface area contributed by atoms with E-state index in [4.69, 9.17) is 16.3 Å². The lowest BCUT2D eigenvalue weighted by molar-refractivity contribution is -0.122. The Labute approximate surface area is 192 Å². The average molecular weight is 457 g/mol. The number of nitrogens with one attached hydrogen (secondary N) is 3. The van der Waals surface area contributed by atoms with Gasteiger partial charge in [-0.05, 0) is 51.0 Å². The minimum atomic E-state index is -0.177. The predicted octanol–water partition coefficient (Wildman–Crippen LogP) is 3.69. The molecule has 1 fully saturated rings. The summed E-state index contributed by atoms with van der Waals surface area (Å²) >= 11 is 6.52. The zero-order valence-corrected chi connectivity index (χ0v) is 19.4. The number of carbonyl (C=O) groups is 1. The van der Waals surface area contributed by atoms with Gasteiger partial charge in [-0.3, -0.25) is 4.79 Å². The molecule has 1 aliphatic heterocycles. The largest absolute Gasteiger partial charge is 0.484 e. The summed E-state index contributed by atoms with van der Waals surface area (Å²) in [5.74, 6) is 1.14. The number of nitrogens with zero attached hydrogens (tertiary/aromatic N) is 3. The molecule has 32 heavy (non-hydrogen) atoms. The van der Waals surface area contributed by atoms with Crippen LogP contribution in [0, 0.1) is 0 Å². The maximum Gasteiger partial charge on any atom is 0.257 e. The van der Waals surface area contributed by atoms with E-state index in [0.29, 0.717) is 34.3 Å². The minimum Gasteiger partial charge on any atom is -0.484 e. The fourth-order valence-electron chi connectivity index (χ4n) is 3.91. The Morgan fingerprint density at radius 1 is 1.28 bits per heavy atom. The van der Waals surface area contributed by atoms with Gasteiger partial charge >= 0.3 is 0 Å². The fraction of sp³-hybridized carbons (Fsp3) is 0.435. The number of fused-ring (bicyclic) bond motifs is 1. The van der Waals surface area contributed by atoms with Crippen LogP contribution in [0.1, 0.15) is 26.7 Å². The Balaban J connectivity index is 1.51. The van der Waals surface area contributed by atoms with Crippen molar-refractivity contribution in [1.82, 2.24) is 25.2 Å². The number of aromatic nitrogens is 3. The lowest BCUT2D eigenvalue weighted by atomic mass is 10.0. The van der Waals surface area contributed by atoms with Gasteiger partial charge < -0.3 is 25.3 Å². The van der Waals surface area contributed by atoms with Gasteiger partial charge in [0.15, 0.2) is 12.3 Å². The lowest BCUT2D eigenvalue weighted by Crippen LogP contribution is -2.42. The fourth-order valence-corrected chi connectivity index (χ4v) is 4.10. The van der Waals surface area contributed by atoms with Crippen LogP contribution in [0.5, 0.6) is 5.75 Å². The van der Waals surface area contributed by atoms with E-state index in [1.54, 1.807) is 13.2 Å². The monoisotopic (exact) mass is 456 g/mol. The van der Waals surface area contributed by atoms with Crippen molar-refractivity contribution >= 4 is 34.4 Å². The number of likely N-dealkylation sites (N-methyl/N-ethyl adjacent to an activating group) is 1. The van der Waals surface area contributed by atoms with E-state index >= 15 is 0 Å². The molecule has 0 radical (unpaired) electrons. The molecule has 0 saturated carbocycles. The zero-order chi connectivity index (χ0) is 22.7. The van der Waals surface area contributed by atoms with Gasteiger partial charge in [0.05, 0.1) is 16.9 Å². The van der Waals surface area contributed by atoms with Crippen LogP contribution < -0.4 is 15.4 Å². The van der Waals surface area contributed by atoms with Crippen LogP contribution in [-0.2, 0) is 4.79 Å². The third-order valence-corrected chi connectivity index (χ3v) is 6.15. The molecule has 3 heterocycles. The molecule has 0 unspecified atom stereocenters. The molecule has 170 valence electrons. The minimum absolute atomic E-state index is 0.0198. The van der Waals surface area contributed by atoms with Gasteiger partial charge in [0, 0.05) is 37.8 Å². The number of imidazole rings is 1. The van der Waals surface area contributed by atoms with Crippen LogP contribution in [0.4, 0.5) is 5.69 Å². The summed E-state index contributed by atoms with van der Waals surface area (Å²) in [6.45, 7) is 6.61. The molecular weight excluding hydrogens is 428 g/mol. The molecule has 1 saturated heterocycles. The number of likely N-dealkylation sites (tertiary alicyclic amines) is 1. The smallest absolute Gasteiger partial charge is 0.257 e. The number of benzene rings is 1. The molecule has 0 spiro atoms. The number of rotatable bonds is 7. The van der Waals surface area contributed by atoms with Crippen molar-refractivity contribution < 1.29 is 9.53 Å². The molecule has 1 aromatic carbocycles. The number of amides is 1. The van der Waals surface area contributed by atoms with Gasteiger partial charge in [-0.1, -0.05) is 11.6 Å². The molecule has 3 aromatic rings. The van der Waals surface area contributed by atoms with Gasteiger partial charge in [0.1, 0.15) is 17.1 Å². The van der Waals surface area contributed by atoms with Crippen molar-refractivity contribution in [2.75, 3.05) is 32.1 Å². The highest BCUT2D eigenvalue weighted by molar-refractivity contribution is 6.34. The maximum atomic E-state index is 11.3. The highest BCUT2D eigenvalue weighted by Gasteiger charge is 2.23. The summed E-state index contributed by atoms with van der Waals surface area (Å²) in [4.78, 5) is 26.3. The summed E-state index contributed by atoms with van der Waals surface area (Å²) < 4.78 is 5.46. The molecule has 8 nitrogen and oxygen atoms in total. The number of piperidine rings is 1.